The molecule has 0 saturated heterocycles. The van der Waals surface area contributed by atoms with Gasteiger partial charge in [0.15, 0.2) is 0 Å². The van der Waals surface area contributed by atoms with E-state index in [1.165, 1.54) is 12.5 Å². The molecule has 1 aromatic rings. The number of rotatable bonds is 7. The molecule has 0 bridgehead atoms. The number of hydrogen-bond donors (Lipinski definition) is 1. The molecular formula is C15H25N3O. The number of amides is 1. The lowest BCUT2D eigenvalue weighted by molar-refractivity contribution is -0.118. The Balaban J connectivity index is 2.50. The fraction of sp³-hybridized carbons (Fsp3) is 0.600. The summed E-state index contributed by atoms with van der Waals surface area (Å²) < 4.78 is 2.13. The van der Waals surface area contributed by atoms with E-state index in [9.17, 15) is 4.79 Å². The Morgan fingerprint density at radius 2 is 2.21 bits per heavy atom. The summed E-state index contributed by atoms with van der Waals surface area (Å²) >= 11 is 0. The van der Waals surface area contributed by atoms with Gasteiger partial charge in [-0.3, -0.25) is 4.79 Å². The average Bonchev–Trinajstić information content (AvgIpc) is 2.76. The summed E-state index contributed by atoms with van der Waals surface area (Å²) in [6.07, 6.45) is 8.26. The van der Waals surface area contributed by atoms with Crippen molar-refractivity contribution in [3.8, 4) is 0 Å². The van der Waals surface area contributed by atoms with Gasteiger partial charge in [0, 0.05) is 38.3 Å². The summed E-state index contributed by atoms with van der Waals surface area (Å²) in [5.41, 5.74) is 1.36. The first-order chi connectivity index (χ1) is 9.00. The number of nitrogens with one attached hydrogen (secondary N) is 1. The molecule has 0 spiro atoms. The van der Waals surface area contributed by atoms with Gasteiger partial charge >= 0.3 is 0 Å². The lowest BCUT2D eigenvalue weighted by Crippen LogP contribution is -2.25. The van der Waals surface area contributed by atoms with Crippen molar-refractivity contribution >= 4 is 5.91 Å². The lowest BCUT2D eigenvalue weighted by atomic mass is 10.0. The van der Waals surface area contributed by atoms with Gasteiger partial charge in [-0.25, -0.2) is 4.98 Å². The number of carbonyl (C=O) groups is 1. The molecule has 0 aliphatic heterocycles. The van der Waals surface area contributed by atoms with Crippen LogP contribution in [0, 0.1) is 0 Å². The van der Waals surface area contributed by atoms with Crippen molar-refractivity contribution < 1.29 is 4.79 Å². The molecule has 1 rings (SSSR count). The van der Waals surface area contributed by atoms with Gasteiger partial charge in [-0.05, 0) is 26.7 Å². The second-order valence-electron chi connectivity index (χ2n) is 5.22. The van der Waals surface area contributed by atoms with Crippen molar-refractivity contribution in [2.75, 3.05) is 6.54 Å². The number of allylic oxidation sites excluding steroid dienone is 2. The summed E-state index contributed by atoms with van der Waals surface area (Å²) in [5.74, 6) is 1.55. The maximum atomic E-state index is 10.9. The first-order valence-corrected chi connectivity index (χ1v) is 6.89. The van der Waals surface area contributed by atoms with Crippen molar-refractivity contribution in [3.05, 3.63) is 29.9 Å². The Labute approximate surface area is 115 Å². The SMILES string of the molecule is CC(=O)NCCn1ccnc1[C@H](C)CCC=C(C)C. The molecule has 106 valence electrons. The predicted octanol–water partition coefficient (Wildman–Crippen LogP) is 2.87. The predicted molar refractivity (Wildman–Crippen MR) is 78.0 cm³/mol. The smallest absolute Gasteiger partial charge is 0.216 e. The summed E-state index contributed by atoms with van der Waals surface area (Å²) in [6.45, 7) is 9.42. The number of aromatic nitrogens is 2. The second kappa shape index (κ2) is 7.77. The molecular weight excluding hydrogens is 238 g/mol. The molecule has 0 unspecified atom stereocenters. The molecule has 1 N–H and O–H groups in total. The second-order valence-corrected chi connectivity index (χ2v) is 5.22. The van der Waals surface area contributed by atoms with E-state index in [1.807, 2.05) is 12.4 Å². The van der Waals surface area contributed by atoms with Crippen molar-refractivity contribution in [1.29, 1.82) is 0 Å². The average molecular weight is 263 g/mol. The van der Waals surface area contributed by atoms with E-state index < -0.39 is 0 Å². The van der Waals surface area contributed by atoms with Crippen LogP contribution < -0.4 is 5.32 Å². The molecule has 1 aromatic heterocycles. The van der Waals surface area contributed by atoms with Gasteiger partial charge in [0.25, 0.3) is 0 Å². The third-order valence-corrected chi connectivity index (χ3v) is 3.07. The van der Waals surface area contributed by atoms with Crippen LogP contribution in [0.5, 0.6) is 0 Å². The Morgan fingerprint density at radius 1 is 1.47 bits per heavy atom. The van der Waals surface area contributed by atoms with Gasteiger partial charge in [-0.15, -0.1) is 0 Å². The molecule has 4 nitrogen and oxygen atoms in total. The van der Waals surface area contributed by atoms with Crippen LogP contribution in [0.3, 0.4) is 0 Å². The minimum absolute atomic E-state index is 0.0123. The quantitative estimate of drug-likeness (QED) is 0.769. The number of hydrogen-bond acceptors (Lipinski definition) is 2. The van der Waals surface area contributed by atoms with Gasteiger partial charge in [0.1, 0.15) is 5.82 Å². The Bertz CT molecular complexity index is 430. The number of carbonyl (C=O) groups excluding carboxylic acids is 1. The summed E-state index contributed by atoms with van der Waals surface area (Å²) in [5, 5.41) is 2.81. The topological polar surface area (TPSA) is 46.9 Å². The van der Waals surface area contributed by atoms with Crippen LogP contribution in [0.25, 0.3) is 0 Å². The summed E-state index contributed by atoms with van der Waals surface area (Å²) in [7, 11) is 0. The van der Waals surface area contributed by atoms with Gasteiger partial charge in [0.05, 0.1) is 0 Å². The van der Waals surface area contributed by atoms with Crippen LogP contribution in [0.15, 0.2) is 24.0 Å². The highest BCUT2D eigenvalue weighted by Crippen LogP contribution is 2.19. The highest BCUT2D eigenvalue weighted by atomic mass is 16.1. The van der Waals surface area contributed by atoms with E-state index in [0.717, 1.165) is 25.2 Å². The molecule has 1 amide bonds. The van der Waals surface area contributed by atoms with Gasteiger partial charge in [-0.1, -0.05) is 18.6 Å². The summed E-state index contributed by atoms with van der Waals surface area (Å²) in [6, 6.07) is 0. The molecule has 19 heavy (non-hydrogen) atoms. The molecule has 0 radical (unpaired) electrons. The van der Waals surface area contributed by atoms with E-state index in [0.29, 0.717) is 12.5 Å². The molecule has 4 heteroatoms. The first kappa shape index (κ1) is 15.5. The highest BCUT2D eigenvalue weighted by molar-refractivity contribution is 5.72. The lowest BCUT2D eigenvalue weighted by Gasteiger charge is -2.13. The Kier molecular flexibility index (Phi) is 6.33. The van der Waals surface area contributed by atoms with Crippen LogP contribution in [-0.4, -0.2) is 22.0 Å². The molecule has 0 saturated carbocycles. The van der Waals surface area contributed by atoms with E-state index in [-0.39, 0.29) is 5.91 Å². The molecule has 1 atom stereocenters. The standard InChI is InChI=1S/C15H25N3O/c1-12(2)6-5-7-13(3)15-17-9-11-18(15)10-8-16-14(4)19/h6,9,11,13H,5,7-8,10H2,1-4H3,(H,16,19)/t13-/m1/s1. The maximum absolute atomic E-state index is 10.9. The van der Waals surface area contributed by atoms with E-state index in [2.05, 4.69) is 41.7 Å². The number of nitrogens with zero attached hydrogens (tertiary/aromatic N) is 2. The van der Waals surface area contributed by atoms with Crippen molar-refractivity contribution in [3.63, 3.8) is 0 Å². The Hall–Kier alpha value is -1.58. The fourth-order valence-corrected chi connectivity index (χ4v) is 2.04. The number of imidazole rings is 1. The van der Waals surface area contributed by atoms with E-state index in [1.54, 1.807) is 0 Å². The summed E-state index contributed by atoms with van der Waals surface area (Å²) in [4.78, 5) is 15.3. The van der Waals surface area contributed by atoms with Gasteiger partial charge in [0.2, 0.25) is 5.91 Å². The zero-order valence-corrected chi connectivity index (χ0v) is 12.4. The van der Waals surface area contributed by atoms with Gasteiger partial charge < -0.3 is 9.88 Å². The maximum Gasteiger partial charge on any atom is 0.216 e. The van der Waals surface area contributed by atoms with Crippen molar-refractivity contribution in [2.45, 2.75) is 53.0 Å². The normalized spacial score (nSPS) is 12.0. The third kappa shape index (κ3) is 5.73. The monoisotopic (exact) mass is 263 g/mol. The van der Waals surface area contributed by atoms with Gasteiger partial charge in [-0.2, -0.15) is 0 Å². The van der Waals surface area contributed by atoms with Crippen LogP contribution in [0.2, 0.25) is 0 Å². The van der Waals surface area contributed by atoms with Crippen molar-refractivity contribution in [1.82, 2.24) is 14.9 Å². The zero-order valence-electron chi connectivity index (χ0n) is 12.4. The van der Waals surface area contributed by atoms with Crippen LogP contribution in [-0.2, 0) is 11.3 Å². The molecule has 0 aliphatic carbocycles. The minimum atomic E-state index is 0.0123. The first-order valence-electron chi connectivity index (χ1n) is 6.89. The fourth-order valence-electron chi connectivity index (χ4n) is 2.04. The molecule has 0 aliphatic rings. The zero-order chi connectivity index (χ0) is 14.3. The van der Waals surface area contributed by atoms with Crippen LogP contribution in [0.1, 0.15) is 52.3 Å². The highest BCUT2D eigenvalue weighted by Gasteiger charge is 2.11. The minimum Gasteiger partial charge on any atom is -0.355 e. The molecule has 1 heterocycles. The van der Waals surface area contributed by atoms with Crippen molar-refractivity contribution in [2.24, 2.45) is 0 Å². The molecule has 0 fully saturated rings. The van der Waals surface area contributed by atoms with Crippen LogP contribution >= 0.6 is 0 Å². The molecule has 0 aromatic carbocycles. The third-order valence-electron chi connectivity index (χ3n) is 3.07. The Morgan fingerprint density at radius 3 is 2.84 bits per heavy atom. The van der Waals surface area contributed by atoms with E-state index >= 15 is 0 Å². The van der Waals surface area contributed by atoms with Crippen LogP contribution in [0.4, 0.5) is 0 Å². The van der Waals surface area contributed by atoms with E-state index in [4.69, 9.17) is 0 Å². The largest absolute Gasteiger partial charge is 0.355 e.